The molecule has 5 nitrogen and oxygen atoms in total. The summed E-state index contributed by atoms with van der Waals surface area (Å²) in [4.78, 5) is 23.7. The van der Waals surface area contributed by atoms with Gasteiger partial charge in [-0.25, -0.2) is 0 Å². The number of thioether (sulfide) groups is 1. The van der Waals surface area contributed by atoms with Gasteiger partial charge in [-0.2, -0.15) is 11.8 Å². The smallest absolute Gasteiger partial charge is 0.287 e. The summed E-state index contributed by atoms with van der Waals surface area (Å²) in [5.74, 6) is 2.56. The minimum atomic E-state index is -0.613. The normalized spacial score (nSPS) is 11.4. The van der Waals surface area contributed by atoms with Gasteiger partial charge in [-0.3, -0.25) is 9.59 Å². The molecule has 0 aliphatic rings. The summed E-state index contributed by atoms with van der Waals surface area (Å²) in [5, 5.41) is 5.20. The van der Waals surface area contributed by atoms with Gasteiger partial charge in [0, 0.05) is 0 Å². The van der Waals surface area contributed by atoms with Crippen molar-refractivity contribution in [3.05, 3.63) is 24.2 Å². The molecule has 0 saturated heterocycles. The number of carbonyl (C=O) groups is 2. The molecular weight excluding hydrogens is 264 g/mol. The quantitative estimate of drug-likeness (QED) is 0.727. The first kappa shape index (κ1) is 15.2. The standard InChI is InChI=1S/C13H16N2O3S/c1-3-7-14-12(16)10(6-9-19-2)15-13(17)11-5-4-8-18-11/h1,4-5,8,10H,6-7,9H2,2H3,(H,14,16)(H,15,17). The summed E-state index contributed by atoms with van der Waals surface area (Å²) < 4.78 is 4.98. The first-order valence-corrected chi connectivity index (χ1v) is 7.13. The van der Waals surface area contributed by atoms with E-state index in [1.54, 1.807) is 23.9 Å². The highest BCUT2D eigenvalue weighted by molar-refractivity contribution is 7.98. The second-order valence-corrected chi connectivity index (χ2v) is 4.69. The van der Waals surface area contributed by atoms with Gasteiger partial charge in [0.25, 0.3) is 5.91 Å². The van der Waals surface area contributed by atoms with E-state index in [9.17, 15) is 9.59 Å². The van der Waals surface area contributed by atoms with Crippen molar-refractivity contribution in [2.75, 3.05) is 18.6 Å². The van der Waals surface area contributed by atoms with Crippen LogP contribution >= 0.6 is 11.8 Å². The summed E-state index contributed by atoms with van der Waals surface area (Å²) >= 11 is 1.60. The molecule has 2 N–H and O–H groups in total. The lowest BCUT2D eigenvalue weighted by Crippen LogP contribution is -2.47. The van der Waals surface area contributed by atoms with Crippen LogP contribution in [0.2, 0.25) is 0 Å². The molecule has 1 aromatic rings. The summed E-state index contributed by atoms with van der Waals surface area (Å²) in [5.41, 5.74) is 0. The van der Waals surface area contributed by atoms with Gasteiger partial charge in [0.15, 0.2) is 5.76 Å². The maximum absolute atomic E-state index is 11.9. The van der Waals surface area contributed by atoms with Gasteiger partial charge in [-0.1, -0.05) is 5.92 Å². The van der Waals surface area contributed by atoms with Crippen molar-refractivity contribution in [2.45, 2.75) is 12.5 Å². The molecule has 6 heteroatoms. The summed E-state index contributed by atoms with van der Waals surface area (Å²) in [6.45, 7) is 0.144. The van der Waals surface area contributed by atoms with E-state index in [2.05, 4.69) is 16.6 Å². The van der Waals surface area contributed by atoms with Gasteiger partial charge >= 0.3 is 0 Å². The Morgan fingerprint density at radius 3 is 2.95 bits per heavy atom. The van der Waals surface area contributed by atoms with Crippen molar-refractivity contribution in [1.82, 2.24) is 10.6 Å². The second-order valence-electron chi connectivity index (χ2n) is 3.71. The highest BCUT2D eigenvalue weighted by Crippen LogP contribution is 2.04. The van der Waals surface area contributed by atoms with Crippen molar-refractivity contribution < 1.29 is 14.0 Å². The number of carbonyl (C=O) groups excluding carboxylic acids is 2. The van der Waals surface area contributed by atoms with E-state index < -0.39 is 11.9 Å². The predicted molar refractivity (Wildman–Crippen MR) is 74.8 cm³/mol. The average Bonchev–Trinajstić information content (AvgIpc) is 2.94. The monoisotopic (exact) mass is 280 g/mol. The number of terminal acetylenes is 1. The molecule has 0 aliphatic heterocycles. The van der Waals surface area contributed by atoms with Gasteiger partial charge in [-0.15, -0.1) is 6.42 Å². The molecule has 0 bridgehead atoms. The molecule has 1 rings (SSSR count). The van der Waals surface area contributed by atoms with Gasteiger partial charge < -0.3 is 15.1 Å². The summed E-state index contributed by atoms with van der Waals surface area (Å²) in [6, 6.07) is 2.54. The van der Waals surface area contributed by atoms with Gasteiger partial charge in [0.2, 0.25) is 5.91 Å². The fourth-order valence-electron chi connectivity index (χ4n) is 1.40. The first-order chi connectivity index (χ1) is 9.19. The first-order valence-electron chi connectivity index (χ1n) is 5.73. The summed E-state index contributed by atoms with van der Waals surface area (Å²) in [7, 11) is 0. The molecule has 1 unspecified atom stereocenters. The van der Waals surface area contributed by atoms with Crippen LogP contribution in [0.25, 0.3) is 0 Å². The molecule has 0 fully saturated rings. The number of nitrogens with one attached hydrogen (secondary N) is 2. The maximum Gasteiger partial charge on any atom is 0.287 e. The number of hydrogen-bond donors (Lipinski definition) is 2. The van der Waals surface area contributed by atoms with Crippen molar-refractivity contribution in [1.29, 1.82) is 0 Å². The molecule has 0 spiro atoms. The van der Waals surface area contributed by atoms with E-state index >= 15 is 0 Å². The number of hydrogen-bond acceptors (Lipinski definition) is 4. The largest absolute Gasteiger partial charge is 0.459 e. The number of amides is 2. The van der Waals surface area contributed by atoms with Crippen LogP contribution in [0.5, 0.6) is 0 Å². The minimum Gasteiger partial charge on any atom is -0.459 e. The Bertz CT molecular complexity index is 451. The third-order valence-corrected chi connectivity index (χ3v) is 2.99. The Kier molecular flexibility index (Phi) is 6.61. The molecule has 0 saturated carbocycles. The lowest BCUT2D eigenvalue weighted by Gasteiger charge is -2.16. The van der Waals surface area contributed by atoms with Crippen LogP contribution in [0.3, 0.4) is 0 Å². The van der Waals surface area contributed by atoms with Crippen molar-refractivity contribution >= 4 is 23.6 Å². The highest BCUT2D eigenvalue weighted by atomic mass is 32.2. The topological polar surface area (TPSA) is 71.3 Å². The highest BCUT2D eigenvalue weighted by Gasteiger charge is 2.21. The Hall–Kier alpha value is -1.87. The number of rotatable bonds is 7. The van der Waals surface area contributed by atoms with Crippen LogP contribution < -0.4 is 10.6 Å². The zero-order valence-electron chi connectivity index (χ0n) is 10.6. The predicted octanol–water partition coefficient (Wildman–Crippen LogP) is 0.880. The lowest BCUT2D eigenvalue weighted by molar-refractivity contribution is -0.122. The van der Waals surface area contributed by atoms with Gasteiger partial charge in [0.05, 0.1) is 12.8 Å². The van der Waals surface area contributed by atoms with E-state index in [4.69, 9.17) is 10.8 Å². The Morgan fingerprint density at radius 1 is 1.58 bits per heavy atom. The second kappa shape index (κ2) is 8.27. The molecule has 1 heterocycles. The van der Waals surface area contributed by atoms with Gasteiger partial charge in [0.1, 0.15) is 6.04 Å². The fourth-order valence-corrected chi connectivity index (χ4v) is 1.87. The molecule has 1 atom stereocenters. The molecule has 0 radical (unpaired) electrons. The summed E-state index contributed by atoms with van der Waals surface area (Å²) in [6.07, 6.45) is 8.96. The number of furan rings is 1. The third kappa shape index (κ3) is 5.10. The molecule has 0 aromatic carbocycles. The van der Waals surface area contributed by atoms with Crippen LogP contribution in [-0.4, -0.2) is 36.4 Å². The average molecular weight is 280 g/mol. The molecular formula is C13H16N2O3S. The van der Waals surface area contributed by atoms with E-state index in [-0.39, 0.29) is 18.2 Å². The Balaban J connectivity index is 2.61. The zero-order chi connectivity index (χ0) is 14.1. The van der Waals surface area contributed by atoms with Crippen molar-refractivity contribution in [3.8, 4) is 12.3 Å². The SMILES string of the molecule is C#CCNC(=O)C(CCSC)NC(=O)c1ccco1. The lowest BCUT2D eigenvalue weighted by atomic mass is 10.2. The van der Waals surface area contributed by atoms with Crippen LogP contribution in [-0.2, 0) is 4.79 Å². The molecule has 0 aliphatic carbocycles. The Morgan fingerprint density at radius 2 is 2.37 bits per heavy atom. The van der Waals surface area contributed by atoms with Crippen LogP contribution in [0, 0.1) is 12.3 Å². The van der Waals surface area contributed by atoms with Crippen molar-refractivity contribution in [3.63, 3.8) is 0 Å². The van der Waals surface area contributed by atoms with Crippen molar-refractivity contribution in [2.24, 2.45) is 0 Å². The fraction of sp³-hybridized carbons (Fsp3) is 0.385. The van der Waals surface area contributed by atoms with E-state index in [0.717, 1.165) is 5.75 Å². The van der Waals surface area contributed by atoms with E-state index in [1.807, 2.05) is 6.26 Å². The molecule has 102 valence electrons. The van der Waals surface area contributed by atoms with Crippen LogP contribution in [0.15, 0.2) is 22.8 Å². The molecule has 2 amide bonds. The Labute approximate surface area is 116 Å². The molecule has 19 heavy (non-hydrogen) atoms. The van der Waals surface area contributed by atoms with E-state index in [0.29, 0.717) is 6.42 Å². The third-order valence-electron chi connectivity index (χ3n) is 2.34. The zero-order valence-corrected chi connectivity index (χ0v) is 11.5. The van der Waals surface area contributed by atoms with Crippen LogP contribution in [0.4, 0.5) is 0 Å². The van der Waals surface area contributed by atoms with E-state index in [1.165, 1.54) is 6.26 Å². The maximum atomic E-state index is 11.9. The minimum absolute atomic E-state index is 0.144. The van der Waals surface area contributed by atoms with Gasteiger partial charge in [-0.05, 0) is 30.6 Å². The van der Waals surface area contributed by atoms with Crippen LogP contribution in [0.1, 0.15) is 17.0 Å². The molecule has 1 aromatic heterocycles.